The van der Waals surface area contributed by atoms with Crippen molar-refractivity contribution in [2.75, 3.05) is 13.7 Å². The molecule has 0 aliphatic heterocycles. The molecule has 0 aliphatic rings. The second kappa shape index (κ2) is 6.57. The minimum Gasteiger partial charge on any atom is -0.497 e. The molecule has 1 aromatic heterocycles. The molecule has 0 unspecified atom stereocenters. The molecular formula is C19H19NO3. The van der Waals surface area contributed by atoms with Gasteiger partial charge in [-0.2, -0.15) is 0 Å². The van der Waals surface area contributed by atoms with Crippen LogP contribution in [0.3, 0.4) is 0 Å². The van der Waals surface area contributed by atoms with Crippen molar-refractivity contribution in [2.45, 2.75) is 13.5 Å². The van der Waals surface area contributed by atoms with Crippen molar-refractivity contribution in [1.29, 1.82) is 0 Å². The van der Waals surface area contributed by atoms with Gasteiger partial charge in [0.1, 0.15) is 18.1 Å². The van der Waals surface area contributed by atoms with Gasteiger partial charge in [0, 0.05) is 22.2 Å². The van der Waals surface area contributed by atoms with Crippen LogP contribution in [-0.4, -0.2) is 24.6 Å². The maximum Gasteiger partial charge on any atom is 0.152 e. The molecule has 0 amide bonds. The predicted octanol–water partition coefficient (Wildman–Crippen LogP) is 3.85. The van der Waals surface area contributed by atoms with Crippen LogP contribution in [0.2, 0.25) is 0 Å². The van der Waals surface area contributed by atoms with Gasteiger partial charge in [-0.05, 0) is 37.3 Å². The van der Waals surface area contributed by atoms with Crippen molar-refractivity contribution >= 4 is 17.2 Å². The summed E-state index contributed by atoms with van der Waals surface area (Å²) in [6.07, 6.45) is 0.929. The summed E-state index contributed by atoms with van der Waals surface area (Å²) in [6.45, 7) is 3.19. The summed E-state index contributed by atoms with van der Waals surface area (Å²) in [5, 5.41) is 0.990. The Bertz CT molecular complexity index is 818. The van der Waals surface area contributed by atoms with Crippen LogP contribution in [0.15, 0.2) is 48.5 Å². The van der Waals surface area contributed by atoms with E-state index < -0.39 is 0 Å². The number of para-hydroxylation sites is 1. The summed E-state index contributed by atoms with van der Waals surface area (Å²) in [4.78, 5) is 11.4. The highest BCUT2D eigenvalue weighted by Crippen LogP contribution is 2.24. The average Bonchev–Trinajstić information content (AvgIpc) is 2.87. The van der Waals surface area contributed by atoms with E-state index in [9.17, 15) is 4.79 Å². The largest absolute Gasteiger partial charge is 0.497 e. The van der Waals surface area contributed by atoms with E-state index in [1.807, 2.05) is 55.5 Å². The molecule has 0 saturated carbocycles. The highest BCUT2D eigenvalue weighted by Gasteiger charge is 2.12. The zero-order chi connectivity index (χ0) is 16.2. The van der Waals surface area contributed by atoms with Gasteiger partial charge in [-0.25, -0.2) is 0 Å². The highest BCUT2D eigenvalue weighted by molar-refractivity contribution is 5.99. The standard InChI is InChI=1S/C19H19NO3/c1-14-18(13-21)17-5-3-4-6-19(17)20(14)11-12-23-16-9-7-15(22-2)8-10-16/h3-10,13H,11-12H2,1-2H3. The van der Waals surface area contributed by atoms with Gasteiger partial charge in [-0.15, -0.1) is 0 Å². The number of aromatic nitrogens is 1. The second-order valence-electron chi connectivity index (χ2n) is 5.31. The quantitative estimate of drug-likeness (QED) is 0.649. The average molecular weight is 309 g/mol. The van der Waals surface area contributed by atoms with Gasteiger partial charge < -0.3 is 14.0 Å². The number of rotatable bonds is 6. The Labute approximate surface area is 135 Å². The Morgan fingerprint density at radius 1 is 1.04 bits per heavy atom. The van der Waals surface area contributed by atoms with Crippen LogP contribution in [0.1, 0.15) is 16.1 Å². The normalized spacial score (nSPS) is 10.7. The summed E-state index contributed by atoms with van der Waals surface area (Å²) in [5.41, 5.74) is 2.79. The lowest BCUT2D eigenvalue weighted by Gasteiger charge is -2.10. The minimum absolute atomic E-state index is 0.532. The number of benzene rings is 2. The van der Waals surface area contributed by atoms with Crippen molar-refractivity contribution in [3.05, 3.63) is 59.8 Å². The predicted molar refractivity (Wildman–Crippen MR) is 90.6 cm³/mol. The van der Waals surface area contributed by atoms with Gasteiger partial charge in [0.2, 0.25) is 0 Å². The second-order valence-corrected chi connectivity index (χ2v) is 5.31. The molecule has 23 heavy (non-hydrogen) atoms. The van der Waals surface area contributed by atoms with E-state index in [2.05, 4.69) is 4.57 Å². The van der Waals surface area contributed by atoms with Gasteiger partial charge in [0.25, 0.3) is 0 Å². The first-order valence-corrected chi connectivity index (χ1v) is 7.54. The number of aldehydes is 1. The Kier molecular flexibility index (Phi) is 4.33. The lowest BCUT2D eigenvalue weighted by atomic mass is 10.1. The van der Waals surface area contributed by atoms with Gasteiger partial charge in [-0.3, -0.25) is 4.79 Å². The lowest BCUT2D eigenvalue weighted by molar-refractivity contribution is 0.112. The third-order valence-corrected chi connectivity index (χ3v) is 4.04. The summed E-state index contributed by atoms with van der Waals surface area (Å²) in [5.74, 6) is 1.61. The molecular weight excluding hydrogens is 290 g/mol. The molecule has 0 bridgehead atoms. The monoisotopic (exact) mass is 309 g/mol. The molecule has 118 valence electrons. The van der Waals surface area contributed by atoms with Crippen LogP contribution in [0, 0.1) is 6.92 Å². The van der Waals surface area contributed by atoms with Crippen LogP contribution in [-0.2, 0) is 6.54 Å². The molecule has 3 rings (SSSR count). The number of methoxy groups -OCH3 is 1. The summed E-state index contributed by atoms with van der Waals surface area (Å²) >= 11 is 0. The first kappa shape index (κ1) is 15.2. The molecule has 0 spiro atoms. The Morgan fingerprint density at radius 2 is 1.74 bits per heavy atom. The van der Waals surface area contributed by atoms with Crippen LogP contribution < -0.4 is 9.47 Å². The van der Waals surface area contributed by atoms with Crippen LogP contribution in [0.25, 0.3) is 10.9 Å². The van der Waals surface area contributed by atoms with Crippen molar-refractivity contribution in [3.63, 3.8) is 0 Å². The molecule has 0 radical (unpaired) electrons. The zero-order valence-corrected chi connectivity index (χ0v) is 13.3. The molecule has 4 nitrogen and oxygen atoms in total. The number of fused-ring (bicyclic) bond motifs is 1. The van der Waals surface area contributed by atoms with E-state index >= 15 is 0 Å². The van der Waals surface area contributed by atoms with E-state index in [0.29, 0.717) is 13.2 Å². The van der Waals surface area contributed by atoms with E-state index in [1.54, 1.807) is 7.11 Å². The maximum atomic E-state index is 11.4. The summed E-state index contributed by atoms with van der Waals surface area (Å²) in [7, 11) is 1.64. The smallest absolute Gasteiger partial charge is 0.152 e. The Balaban J connectivity index is 1.76. The Morgan fingerprint density at radius 3 is 2.43 bits per heavy atom. The molecule has 0 saturated heterocycles. The molecule has 0 fully saturated rings. The van der Waals surface area contributed by atoms with Gasteiger partial charge in [-0.1, -0.05) is 18.2 Å². The van der Waals surface area contributed by atoms with Crippen molar-refractivity contribution in [1.82, 2.24) is 4.57 Å². The van der Waals surface area contributed by atoms with Crippen molar-refractivity contribution in [3.8, 4) is 11.5 Å². The number of nitrogens with zero attached hydrogens (tertiary/aromatic N) is 1. The molecule has 3 aromatic rings. The van der Waals surface area contributed by atoms with Gasteiger partial charge >= 0.3 is 0 Å². The number of carbonyl (C=O) groups is 1. The van der Waals surface area contributed by atoms with Crippen LogP contribution >= 0.6 is 0 Å². The number of carbonyl (C=O) groups excluding carboxylic acids is 1. The topological polar surface area (TPSA) is 40.5 Å². The summed E-state index contributed by atoms with van der Waals surface area (Å²) in [6, 6.07) is 15.5. The van der Waals surface area contributed by atoms with E-state index in [-0.39, 0.29) is 0 Å². The highest BCUT2D eigenvalue weighted by atomic mass is 16.5. The van der Waals surface area contributed by atoms with E-state index in [0.717, 1.165) is 39.9 Å². The van der Waals surface area contributed by atoms with E-state index in [4.69, 9.17) is 9.47 Å². The lowest BCUT2D eigenvalue weighted by Crippen LogP contribution is -2.09. The molecule has 0 N–H and O–H groups in total. The molecule has 0 aliphatic carbocycles. The Hall–Kier alpha value is -2.75. The van der Waals surface area contributed by atoms with E-state index in [1.165, 1.54) is 0 Å². The molecule has 0 atom stereocenters. The number of ether oxygens (including phenoxy) is 2. The fourth-order valence-corrected chi connectivity index (χ4v) is 2.82. The third kappa shape index (κ3) is 2.93. The summed E-state index contributed by atoms with van der Waals surface area (Å²) < 4.78 is 13.0. The SMILES string of the molecule is COc1ccc(OCCn2c(C)c(C=O)c3ccccc32)cc1. The number of hydrogen-bond acceptors (Lipinski definition) is 3. The molecule has 2 aromatic carbocycles. The maximum absolute atomic E-state index is 11.4. The molecule has 4 heteroatoms. The van der Waals surface area contributed by atoms with Gasteiger partial charge in [0.05, 0.1) is 13.7 Å². The van der Waals surface area contributed by atoms with Crippen LogP contribution in [0.4, 0.5) is 0 Å². The number of hydrogen-bond donors (Lipinski definition) is 0. The fraction of sp³-hybridized carbons (Fsp3) is 0.211. The molecule has 1 heterocycles. The van der Waals surface area contributed by atoms with Crippen molar-refractivity contribution in [2.24, 2.45) is 0 Å². The first-order chi connectivity index (χ1) is 11.2. The van der Waals surface area contributed by atoms with Gasteiger partial charge in [0.15, 0.2) is 6.29 Å². The third-order valence-electron chi connectivity index (χ3n) is 4.04. The first-order valence-electron chi connectivity index (χ1n) is 7.54. The minimum atomic E-state index is 0.532. The fourth-order valence-electron chi connectivity index (χ4n) is 2.82. The van der Waals surface area contributed by atoms with Crippen molar-refractivity contribution < 1.29 is 14.3 Å². The zero-order valence-electron chi connectivity index (χ0n) is 13.3. The van der Waals surface area contributed by atoms with Crippen LogP contribution in [0.5, 0.6) is 11.5 Å².